The number of esters is 1. The van der Waals surface area contributed by atoms with Crippen molar-refractivity contribution in [3.05, 3.63) is 65.0 Å². The van der Waals surface area contributed by atoms with Crippen LogP contribution in [0.5, 0.6) is 0 Å². The molecule has 0 atom stereocenters. The molecule has 0 fully saturated rings. The summed E-state index contributed by atoms with van der Waals surface area (Å²) in [6, 6.07) is 12.6. The number of ether oxygens (including phenoxy) is 1. The Kier molecular flexibility index (Phi) is 5.65. The number of fused-ring (bicyclic) bond motifs is 1. The lowest BCUT2D eigenvalue weighted by molar-refractivity contribution is -0.124. The topological polar surface area (TPSA) is 68.3 Å². The minimum absolute atomic E-state index is 0.317. The van der Waals surface area contributed by atoms with E-state index in [0.717, 1.165) is 4.88 Å². The minimum atomic E-state index is -0.582. The number of hydrogen-bond donors (Lipinski definition) is 1. The van der Waals surface area contributed by atoms with Crippen molar-refractivity contribution < 1.29 is 14.3 Å². The van der Waals surface area contributed by atoms with Gasteiger partial charge in [-0.15, -0.1) is 17.9 Å². The zero-order chi connectivity index (χ0) is 18.5. The van der Waals surface area contributed by atoms with Crippen LogP contribution in [0.1, 0.15) is 10.4 Å². The lowest BCUT2D eigenvalue weighted by Crippen LogP contribution is -2.28. The Balaban J connectivity index is 1.92. The number of thiophene rings is 1. The molecule has 26 heavy (non-hydrogen) atoms. The van der Waals surface area contributed by atoms with Crippen LogP contribution in [-0.4, -0.2) is 30.0 Å². The first-order valence-corrected chi connectivity index (χ1v) is 8.98. The van der Waals surface area contributed by atoms with Crippen molar-refractivity contribution in [1.82, 2.24) is 10.3 Å². The SMILES string of the molecule is C=CCNC(=O)COC(=O)c1cc(-c2ccc(Cl)s2)nc2ccccc12. The van der Waals surface area contributed by atoms with Gasteiger partial charge in [0.1, 0.15) is 0 Å². The number of aromatic nitrogens is 1. The maximum atomic E-state index is 12.6. The van der Waals surface area contributed by atoms with Gasteiger partial charge in [-0.1, -0.05) is 35.9 Å². The van der Waals surface area contributed by atoms with Crippen molar-refractivity contribution in [3.63, 3.8) is 0 Å². The number of halogens is 1. The quantitative estimate of drug-likeness (QED) is 0.512. The zero-order valence-electron chi connectivity index (χ0n) is 13.7. The van der Waals surface area contributed by atoms with Gasteiger partial charge in [-0.2, -0.15) is 0 Å². The molecule has 2 aromatic heterocycles. The van der Waals surface area contributed by atoms with E-state index in [1.165, 1.54) is 11.3 Å². The van der Waals surface area contributed by atoms with Gasteiger partial charge in [-0.3, -0.25) is 4.79 Å². The van der Waals surface area contributed by atoms with Gasteiger partial charge < -0.3 is 10.1 Å². The van der Waals surface area contributed by atoms with E-state index in [9.17, 15) is 9.59 Å². The summed E-state index contributed by atoms with van der Waals surface area (Å²) in [6.45, 7) is 3.47. The van der Waals surface area contributed by atoms with Gasteiger partial charge in [0, 0.05) is 11.9 Å². The predicted molar refractivity (Wildman–Crippen MR) is 104 cm³/mol. The smallest absolute Gasteiger partial charge is 0.339 e. The fourth-order valence-electron chi connectivity index (χ4n) is 2.37. The normalized spacial score (nSPS) is 10.5. The summed E-state index contributed by atoms with van der Waals surface area (Å²) in [7, 11) is 0. The second-order valence-corrected chi connectivity index (χ2v) is 7.06. The molecular weight excluding hydrogens is 372 g/mol. The minimum Gasteiger partial charge on any atom is -0.452 e. The van der Waals surface area contributed by atoms with Crippen LogP contribution in [0.4, 0.5) is 0 Å². The molecule has 0 saturated heterocycles. The van der Waals surface area contributed by atoms with E-state index in [2.05, 4.69) is 16.9 Å². The third-order valence-electron chi connectivity index (χ3n) is 3.54. The molecule has 132 valence electrons. The van der Waals surface area contributed by atoms with Crippen molar-refractivity contribution in [2.45, 2.75) is 0 Å². The maximum Gasteiger partial charge on any atom is 0.339 e. The van der Waals surface area contributed by atoms with Crippen LogP contribution in [0, 0.1) is 0 Å². The second kappa shape index (κ2) is 8.12. The Morgan fingerprint density at radius 2 is 2.08 bits per heavy atom. The number of amides is 1. The van der Waals surface area contributed by atoms with Gasteiger partial charge in [0.25, 0.3) is 5.91 Å². The average Bonchev–Trinajstić information content (AvgIpc) is 3.09. The maximum absolute atomic E-state index is 12.6. The molecule has 3 rings (SSSR count). The first kappa shape index (κ1) is 18.1. The molecule has 0 aliphatic heterocycles. The summed E-state index contributed by atoms with van der Waals surface area (Å²) in [5.74, 6) is -0.969. The lowest BCUT2D eigenvalue weighted by Gasteiger charge is -2.09. The van der Waals surface area contributed by atoms with Gasteiger partial charge in [0.05, 0.1) is 26.0 Å². The molecule has 0 radical (unpaired) electrons. The van der Waals surface area contributed by atoms with E-state index in [1.54, 1.807) is 24.3 Å². The zero-order valence-corrected chi connectivity index (χ0v) is 15.3. The molecule has 0 spiro atoms. The van der Waals surface area contributed by atoms with Gasteiger partial charge in [-0.25, -0.2) is 9.78 Å². The molecule has 1 N–H and O–H groups in total. The number of pyridine rings is 1. The number of para-hydroxylation sites is 1. The molecule has 5 nitrogen and oxygen atoms in total. The largest absolute Gasteiger partial charge is 0.452 e. The Labute approximate surface area is 159 Å². The summed E-state index contributed by atoms with van der Waals surface area (Å²) in [5.41, 5.74) is 1.65. The van der Waals surface area contributed by atoms with Crippen LogP contribution in [0.3, 0.4) is 0 Å². The highest BCUT2D eigenvalue weighted by molar-refractivity contribution is 7.19. The number of benzene rings is 1. The number of hydrogen-bond acceptors (Lipinski definition) is 5. The highest BCUT2D eigenvalue weighted by Crippen LogP contribution is 2.32. The summed E-state index contributed by atoms with van der Waals surface area (Å²) in [5, 5.41) is 3.22. The lowest BCUT2D eigenvalue weighted by atomic mass is 10.1. The molecule has 0 bridgehead atoms. The third-order valence-corrected chi connectivity index (χ3v) is 4.79. The van der Waals surface area contributed by atoms with Crippen LogP contribution in [-0.2, 0) is 9.53 Å². The van der Waals surface area contributed by atoms with Crippen LogP contribution < -0.4 is 5.32 Å². The first-order valence-electron chi connectivity index (χ1n) is 7.78. The van der Waals surface area contributed by atoms with Gasteiger partial charge >= 0.3 is 5.97 Å². The Hall–Kier alpha value is -2.70. The Morgan fingerprint density at radius 3 is 2.81 bits per heavy atom. The highest BCUT2D eigenvalue weighted by Gasteiger charge is 2.17. The molecule has 7 heteroatoms. The van der Waals surface area contributed by atoms with E-state index in [-0.39, 0.29) is 12.5 Å². The molecule has 1 aromatic carbocycles. The number of nitrogens with zero attached hydrogens (tertiary/aromatic N) is 1. The summed E-state index contributed by atoms with van der Waals surface area (Å²) < 4.78 is 5.79. The van der Waals surface area contributed by atoms with Crippen molar-refractivity contribution in [3.8, 4) is 10.6 Å². The first-order chi connectivity index (χ1) is 12.6. The molecule has 3 aromatic rings. The number of nitrogens with one attached hydrogen (secondary N) is 1. The van der Waals surface area contributed by atoms with Crippen molar-refractivity contribution >= 4 is 45.7 Å². The number of rotatable bonds is 6. The fraction of sp³-hybridized carbons (Fsp3) is 0.105. The third kappa shape index (κ3) is 4.09. The molecule has 0 saturated carbocycles. The van der Waals surface area contributed by atoms with E-state index in [0.29, 0.717) is 33.0 Å². The van der Waals surface area contributed by atoms with Crippen LogP contribution in [0.15, 0.2) is 55.1 Å². The molecule has 2 heterocycles. The van der Waals surface area contributed by atoms with E-state index < -0.39 is 5.97 Å². The number of carbonyl (C=O) groups excluding carboxylic acids is 2. The fourth-order valence-corrected chi connectivity index (χ4v) is 3.37. The standard InChI is InChI=1S/C19H15ClN2O3S/c1-2-9-21-18(23)11-25-19(24)13-10-15(16-7-8-17(20)26-16)22-14-6-4-3-5-12(13)14/h2-8,10H,1,9,11H2,(H,21,23). The van der Waals surface area contributed by atoms with Crippen molar-refractivity contribution in [1.29, 1.82) is 0 Å². The Bertz CT molecular complexity index is 984. The summed E-state index contributed by atoms with van der Waals surface area (Å²) >= 11 is 7.38. The Morgan fingerprint density at radius 1 is 1.27 bits per heavy atom. The number of carbonyl (C=O) groups is 2. The van der Waals surface area contributed by atoms with Gasteiger partial charge in [0.15, 0.2) is 6.61 Å². The summed E-state index contributed by atoms with van der Waals surface area (Å²) in [4.78, 5) is 29.6. The molecule has 0 aliphatic carbocycles. The van der Waals surface area contributed by atoms with Gasteiger partial charge in [0.2, 0.25) is 0 Å². The van der Waals surface area contributed by atoms with E-state index in [4.69, 9.17) is 16.3 Å². The predicted octanol–water partition coefficient (Wildman–Crippen LogP) is 4.08. The molecule has 0 unspecified atom stereocenters. The molecular formula is C19H15ClN2O3S. The molecule has 0 aliphatic rings. The van der Waals surface area contributed by atoms with Crippen LogP contribution >= 0.6 is 22.9 Å². The van der Waals surface area contributed by atoms with E-state index in [1.807, 2.05) is 24.3 Å². The van der Waals surface area contributed by atoms with E-state index >= 15 is 0 Å². The molecule has 1 amide bonds. The van der Waals surface area contributed by atoms with Gasteiger partial charge in [-0.05, 0) is 24.3 Å². The van der Waals surface area contributed by atoms with Crippen LogP contribution in [0.25, 0.3) is 21.5 Å². The summed E-state index contributed by atoms with van der Waals surface area (Å²) in [6.07, 6.45) is 1.55. The monoisotopic (exact) mass is 386 g/mol. The average molecular weight is 387 g/mol. The van der Waals surface area contributed by atoms with Crippen LogP contribution in [0.2, 0.25) is 4.34 Å². The van der Waals surface area contributed by atoms with Crippen molar-refractivity contribution in [2.75, 3.05) is 13.2 Å². The van der Waals surface area contributed by atoms with Crippen molar-refractivity contribution in [2.24, 2.45) is 0 Å². The second-order valence-electron chi connectivity index (χ2n) is 5.34. The highest BCUT2D eigenvalue weighted by atomic mass is 35.5.